The Hall–Kier alpha value is -0.990. The highest BCUT2D eigenvalue weighted by molar-refractivity contribution is 7.89. The van der Waals surface area contributed by atoms with Crippen LogP contribution in [0, 0.1) is 23.7 Å². The standard InChI is InChI=1S/C22H29NO5S/c24-29(25,20-4-2-1-3-5-20)23-8-6-21(7-9-23)26-15-22(28-27-21)18-11-16-10-17(13-18)14-19(22)12-16/h1-5,16-19H,6-15H2. The summed E-state index contributed by atoms with van der Waals surface area (Å²) in [6.45, 7) is 1.35. The van der Waals surface area contributed by atoms with Crippen LogP contribution in [0.2, 0.25) is 0 Å². The van der Waals surface area contributed by atoms with Crippen LogP contribution in [0.15, 0.2) is 35.2 Å². The molecule has 0 amide bonds. The van der Waals surface area contributed by atoms with Crippen LogP contribution in [0.4, 0.5) is 0 Å². The van der Waals surface area contributed by atoms with Crippen molar-refractivity contribution in [3.05, 3.63) is 30.3 Å². The Morgan fingerprint density at radius 3 is 2.03 bits per heavy atom. The lowest BCUT2D eigenvalue weighted by Crippen LogP contribution is -2.66. The number of hydrogen-bond donors (Lipinski definition) is 0. The fraction of sp³-hybridized carbons (Fsp3) is 0.727. The zero-order valence-electron chi connectivity index (χ0n) is 16.7. The summed E-state index contributed by atoms with van der Waals surface area (Å²) in [5.74, 6) is 2.04. The molecule has 1 aromatic carbocycles. The third kappa shape index (κ3) is 2.85. The summed E-state index contributed by atoms with van der Waals surface area (Å²) in [6, 6.07) is 8.62. The molecule has 2 aliphatic heterocycles. The molecule has 7 rings (SSSR count). The van der Waals surface area contributed by atoms with E-state index in [0.29, 0.717) is 49.3 Å². The molecule has 7 heteroatoms. The van der Waals surface area contributed by atoms with Gasteiger partial charge in [-0.3, -0.25) is 0 Å². The molecule has 4 bridgehead atoms. The lowest BCUT2D eigenvalue weighted by atomic mass is 9.50. The molecule has 29 heavy (non-hydrogen) atoms. The molecule has 2 spiro atoms. The summed E-state index contributed by atoms with van der Waals surface area (Å²) < 4.78 is 33.7. The van der Waals surface area contributed by atoms with Crippen molar-refractivity contribution in [2.45, 2.75) is 61.2 Å². The van der Waals surface area contributed by atoms with Crippen molar-refractivity contribution in [1.29, 1.82) is 0 Å². The first-order valence-corrected chi connectivity index (χ1v) is 12.5. The van der Waals surface area contributed by atoms with Gasteiger partial charge in [0.2, 0.25) is 15.8 Å². The summed E-state index contributed by atoms with van der Waals surface area (Å²) in [6.07, 6.45) is 7.38. The van der Waals surface area contributed by atoms with Crippen molar-refractivity contribution in [3.63, 3.8) is 0 Å². The summed E-state index contributed by atoms with van der Waals surface area (Å²) in [5.41, 5.74) is -0.272. The minimum Gasteiger partial charge on any atom is -0.344 e. The molecule has 0 unspecified atom stereocenters. The molecule has 4 saturated carbocycles. The minimum atomic E-state index is -3.48. The predicted octanol–water partition coefficient (Wildman–Crippen LogP) is 3.34. The SMILES string of the molecule is O=S(=O)(c1ccccc1)N1CCC2(CC1)OCC1(OO2)C2CC3CC(C2)CC1C3. The Kier molecular flexibility index (Phi) is 4.20. The van der Waals surface area contributed by atoms with E-state index in [2.05, 4.69) is 0 Å². The Bertz CT molecular complexity index is 838. The molecule has 2 saturated heterocycles. The maximum absolute atomic E-state index is 12.9. The van der Waals surface area contributed by atoms with Crippen LogP contribution in [0.3, 0.4) is 0 Å². The van der Waals surface area contributed by atoms with Crippen LogP contribution in [0.5, 0.6) is 0 Å². The molecule has 0 atom stereocenters. The van der Waals surface area contributed by atoms with Gasteiger partial charge in [-0.05, 0) is 67.9 Å². The first-order valence-electron chi connectivity index (χ1n) is 11.1. The molecule has 0 N–H and O–H groups in total. The van der Waals surface area contributed by atoms with E-state index in [1.54, 1.807) is 24.3 Å². The van der Waals surface area contributed by atoms with Crippen LogP contribution in [0.25, 0.3) is 0 Å². The second kappa shape index (κ2) is 6.50. The van der Waals surface area contributed by atoms with Gasteiger partial charge in [0, 0.05) is 25.9 Å². The predicted molar refractivity (Wildman–Crippen MR) is 105 cm³/mol. The molecule has 6 fully saturated rings. The molecular formula is C22H29NO5S. The number of hydrogen-bond acceptors (Lipinski definition) is 5. The quantitative estimate of drug-likeness (QED) is 0.688. The maximum atomic E-state index is 12.9. The third-order valence-corrected chi connectivity index (χ3v) is 10.2. The first-order chi connectivity index (χ1) is 14.0. The molecular weight excluding hydrogens is 390 g/mol. The van der Waals surface area contributed by atoms with Gasteiger partial charge in [0.05, 0.1) is 11.5 Å². The summed E-state index contributed by atoms with van der Waals surface area (Å²) >= 11 is 0. The zero-order chi connectivity index (χ0) is 19.7. The van der Waals surface area contributed by atoms with Crippen LogP contribution < -0.4 is 0 Å². The lowest BCUT2D eigenvalue weighted by molar-refractivity contribution is -0.538. The second-order valence-electron chi connectivity index (χ2n) is 9.84. The average Bonchev–Trinajstić information content (AvgIpc) is 2.74. The molecule has 6 aliphatic rings. The van der Waals surface area contributed by atoms with Crippen LogP contribution in [-0.4, -0.2) is 43.8 Å². The Balaban J connectivity index is 1.13. The van der Waals surface area contributed by atoms with Crippen molar-refractivity contribution in [2.24, 2.45) is 23.7 Å². The number of ether oxygens (including phenoxy) is 1. The molecule has 4 aliphatic carbocycles. The van der Waals surface area contributed by atoms with Gasteiger partial charge in [0.1, 0.15) is 5.60 Å². The highest BCUT2D eigenvalue weighted by Gasteiger charge is 2.62. The topological polar surface area (TPSA) is 65.1 Å². The van der Waals surface area contributed by atoms with E-state index in [1.165, 1.54) is 36.4 Å². The van der Waals surface area contributed by atoms with Crippen molar-refractivity contribution >= 4 is 10.0 Å². The largest absolute Gasteiger partial charge is 0.344 e. The van der Waals surface area contributed by atoms with Gasteiger partial charge >= 0.3 is 0 Å². The fourth-order valence-electron chi connectivity index (χ4n) is 6.84. The van der Waals surface area contributed by atoms with E-state index in [0.717, 1.165) is 11.8 Å². The van der Waals surface area contributed by atoms with Crippen molar-refractivity contribution in [2.75, 3.05) is 19.7 Å². The van der Waals surface area contributed by atoms with E-state index >= 15 is 0 Å². The van der Waals surface area contributed by atoms with E-state index in [1.807, 2.05) is 6.07 Å². The number of piperidine rings is 1. The lowest BCUT2D eigenvalue weighted by Gasteiger charge is -2.62. The van der Waals surface area contributed by atoms with Crippen LogP contribution in [-0.2, 0) is 24.5 Å². The highest BCUT2D eigenvalue weighted by atomic mass is 32.2. The Labute approximate surface area is 172 Å². The summed E-state index contributed by atoms with van der Waals surface area (Å²) in [4.78, 5) is 12.6. The van der Waals surface area contributed by atoms with E-state index in [9.17, 15) is 8.42 Å². The molecule has 2 heterocycles. The van der Waals surface area contributed by atoms with E-state index in [4.69, 9.17) is 14.5 Å². The number of sulfonamides is 1. The van der Waals surface area contributed by atoms with Crippen LogP contribution >= 0.6 is 0 Å². The average molecular weight is 420 g/mol. The molecule has 1 aromatic rings. The minimum absolute atomic E-state index is 0.272. The maximum Gasteiger partial charge on any atom is 0.243 e. The zero-order valence-corrected chi connectivity index (χ0v) is 17.5. The fourth-order valence-corrected chi connectivity index (χ4v) is 8.30. The number of rotatable bonds is 2. The number of nitrogens with zero attached hydrogens (tertiary/aromatic N) is 1. The van der Waals surface area contributed by atoms with Gasteiger partial charge in [0.15, 0.2) is 0 Å². The van der Waals surface area contributed by atoms with Crippen molar-refractivity contribution < 1.29 is 22.9 Å². The number of benzene rings is 1. The second-order valence-corrected chi connectivity index (χ2v) is 11.8. The van der Waals surface area contributed by atoms with Gasteiger partial charge in [-0.25, -0.2) is 18.2 Å². The van der Waals surface area contributed by atoms with Crippen molar-refractivity contribution in [3.8, 4) is 0 Å². The van der Waals surface area contributed by atoms with E-state index < -0.39 is 15.8 Å². The van der Waals surface area contributed by atoms with Crippen molar-refractivity contribution in [1.82, 2.24) is 4.31 Å². The van der Waals surface area contributed by atoms with Gasteiger partial charge in [-0.15, -0.1) is 0 Å². The first kappa shape index (κ1) is 18.8. The van der Waals surface area contributed by atoms with Gasteiger partial charge < -0.3 is 4.74 Å². The summed E-state index contributed by atoms with van der Waals surface area (Å²) in [5, 5.41) is 0. The smallest absolute Gasteiger partial charge is 0.243 e. The Morgan fingerprint density at radius 2 is 1.48 bits per heavy atom. The third-order valence-electron chi connectivity index (χ3n) is 8.29. The van der Waals surface area contributed by atoms with Gasteiger partial charge in [-0.1, -0.05) is 18.2 Å². The van der Waals surface area contributed by atoms with Crippen LogP contribution in [0.1, 0.15) is 44.9 Å². The summed E-state index contributed by atoms with van der Waals surface area (Å²) in [7, 11) is -3.48. The Morgan fingerprint density at radius 1 is 0.862 bits per heavy atom. The highest BCUT2D eigenvalue weighted by Crippen LogP contribution is 2.61. The molecule has 6 nitrogen and oxygen atoms in total. The molecule has 0 radical (unpaired) electrons. The van der Waals surface area contributed by atoms with Gasteiger partial charge in [-0.2, -0.15) is 4.31 Å². The molecule has 0 aromatic heterocycles. The van der Waals surface area contributed by atoms with Gasteiger partial charge in [0.25, 0.3) is 0 Å². The molecule has 158 valence electrons. The van der Waals surface area contributed by atoms with E-state index in [-0.39, 0.29) is 5.60 Å². The normalized spacial score (nSPS) is 41.2. The monoisotopic (exact) mass is 419 g/mol.